The first-order valence-electron chi connectivity index (χ1n) is 9.59. The maximum absolute atomic E-state index is 12.6. The van der Waals surface area contributed by atoms with Crippen LogP contribution in [0.5, 0.6) is 0 Å². The lowest BCUT2D eigenvalue weighted by molar-refractivity contribution is 0.101. The summed E-state index contributed by atoms with van der Waals surface area (Å²) in [5, 5.41) is 5.87. The van der Waals surface area contributed by atoms with E-state index in [4.69, 9.17) is 11.6 Å². The third-order valence-electron chi connectivity index (χ3n) is 4.74. The SMILES string of the molecule is O=C(Nc1ccc(Cl)c(NC(=O)c2cccnc2)c1)c1ccc(N2CCCS2=O)cc1. The van der Waals surface area contributed by atoms with Crippen molar-refractivity contribution in [3.63, 3.8) is 0 Å². The van der Waals surface area contributed by atoms with E-state index in [1.54, 1.807) is 60.8 Å². The second kappa shape index (κ2) is 9.28. The standard InChI is InChI=1S/C22H19ClN4O3S/c23-19-9-6-17(13-20(19)26-22(29)16-3-1-10-24-14-16)25-21(28)15-4-7-18(8-5-15)27-11-2-12-31(27)30/h1,3-10,13-14H,2,11-12H2,(H,25,28)(H,26,29). The number of hydrogen-bond acceptors (Lipinski definition) is 4. The lowest BCUT2D eigenvalue weighted by Gasteiger charge is -2.16. The van der Waals surface area contributed by atoms with Gasteiger partial charge in [0.05, 0.1) is 16.3 Å². The lowest BCUT2D eigenvalue weighted by atomic mass is 10.2. The first-order valence-corrected chi connectivity index (χ1v) is 11.2. The molecule has 0 bridgehead atoms. The highest BCUT2D eigenvalue weighted by molar-refractivity contribution is 7.86. The van der Waals surface area contributed by atoms with Crippen molar-refractivity contribution in [1.29, 1.82) is 0 Å². The Hall–Kier alpha value is -3.23. The number of anilines is 3. The largest absolute Gasteiger partial charge is 0.322 e. The van der Waals surface area contributed by atoms with Crippen LogP contribution in [-0.4, -0.2) is 33.3 Å². The molecule has 4 rings (SSSR count). The molecule has 2 heterocycles. The molecule has 2 N–H and O–H groups in total. The number of hydrogen-bond donors (Lipinski definition) is 2. The minimum absolute atomic E-state index is 0.305. The summed E-state index contributed by atoms with van der Waals surface area (Å²) in [6, 6.07) is 15.1. The third kappa shape index (κ3) is 4.92. The number of carbonyl (C=O) groups is 2. The zero-order valence-corrected chi connectivity index (χ0v) is 17.9. The predicted octanol–water partition coefficient (Wildman–Crippen LogP) is 4.11. The van der Waals surface area contributed by atoms with Crippen molar-refractivity contribution in [2.24, 2.45) is 0 Å². The van der Waals surface area contributed by atoms with E-state index < -0.39 is 11.0 Å². The number of aromatic nitrogens is 1. The molecule has 0 saturated carbocycles. The number of nitrogens with zero attached hydrogens (tertiary/aromatic N) is 2. The molecule has 0 aliphatic carbocycles. The van der Waals surface area contributed by atoms with E-state index in [9.17, 15) is 13.8 Å². The summed E-state index contributed by atoms with van der Waals surface area (Å²) in [7, 11) is -1.00. The Morgan fingerprint density at radius 1 is 1.00 bits per heavy atom. The van der Waals surface area contributed by atoms with Gasteiger partial charge in [0.15, 0.2) is 0 Å². The van der Waals surface area contributed by atoms with Crippen LogP contribution in [0.4, 0.5) is 17.1 Å². The van der Waals surface area contributed by atoms with Crippen LogP contribution in [0.25, 0.3) is 0 Å². The van der Waals surface area contributed by atoms with Gasteiger partial charge in [0.2, 0.25) is 0 Å². The molecule has 1 fully saturated rings. The van der Waals surface area contributed by atoms with Gasteiger partial charge in [0.1, 0.15) is 11.0 Å². The van der Waals surface area contributed by atoms with E-state index in [2.05, 4.69) is 15.6 Å². The highest BCUT2D eigenvalue weighted by Crippen LogP contribution is 2.27. The van der Waals surface area contributed by atoms with Gasteiger partial charge in [0, 0.05) is 41.6 Å². The molecule has 1 aromatic heterocycles. The van der Waals surface area contributed by atoms with Crippen LogP contribution in [0, 0.1) is 0 Å². The number of benzene rings is 2. The van der Waals surface area contributed by atoms with E-state index in [1.807, 2.05) is 4.31 Å². The minimum Gasteiger partial charge on any atom is -0.322 e. The van der Waals surface area contributed by atoms with Crippen LogP contribution in [0.1, 0.15) is 27.1 Å². The molecule has 1 aliphatic heterocycles. The molecule has 1 unspecified atom stereocenters. The Morgan fingerprint density at radius 3 is 2.45 bits per heavy atom. The molecular weight excluding hydrogens is 436 g/mol. The fourth-order valence-electron chi connectivity index (χ4n) is 3.16. The number of carbonyl (C=O) groups excluding carboxylic acids is 2. The van der Waals surface area contributed by atoms with Gasteiger partial charge < -0.3 is 10.6 Å². The summed E-state index contributed by atoms with van der Waals surface area (Å²) in [6.45, 7) is 0.746. The van der Waals surface area contributed by atoms with Crippen LogP contribution < -0.4 is 14.9 Å². The molecule has 1 aliphatic rings. The summed E-state index contributed by atoms with van der Waals surface area (Å²) in [6.07, 6.45) is 3.93. The van der Waals surface area contributed by atoms with E-state index in [0.29, 0.717) is 33.3 Å². The van der Waals surface area contributed by atoms with Crippen molar-refractivity contribution in [2.75, 3.05) is 27.2 Å². The first-order chi connectivity index (χ1) is 15.0. The van der Waals surface area contributed by atoms with Crippen molar-refractivity contribution in [1.82, 2.24) is 4.98 Å². The van der Waals surface area contributed by atoms with E-state index in [-0.39, 0.29) is 11.8 Å². The summed E-state index contributed by atoms with van der Waals surface area (Å²) >= 11 is 6.20. The van der Waals surface area contributed by atoms with Gasteiger partial charge in [-0.15, -0.1) is 0 Å². The molecular formula is C22H19ClN4O3S. The van der Waals surface area contributed by atoms with E-state index in [1.165, 1.54) is 6.20 Å². The Morgan fingerprint density at radius 2 is 1.77 bits per heavy atom. The van der Waals surface area contributed by atoms with Crippen LogP contribution in [-0.2, 0) is 11.0 Å². The molecule has 0 spiro atoms. The normalized spacial score (nSPS) is 15.5. The van der Waals surface area contributed by atoms with Crippen molar-refractivity contribution in [3.8, 4) is 0 Å². The molecule has 7 nitrogen and oxygen atoms in total. The molecule has 31 heavy (non-hydrogen) atoms. The van der Waals surface area contributed by atoms with Crippen molar-refractivity contribution < 1.29 is 13.8 Å². The van der Waals surface area contributed by atoms with E-state index >= 15 is 0 Å². The Bertz CT molecular complexity index is 1140. The number of pyridine rings is 1. The zero-order chi connectivity index (χ0) is 21.8. The number of rotatable bonds is 5. The average Bonchev–Trinajstić information content (AvgIpc) is 3.22. The zero-order valence-electron chi connectivity index (χ0n) is 16.4. The van der Waals surface area contributed by atoms with Gasteiger partial charge in [-0.2, -0.15) is 0 Å². The molecule has 1 atom stereocenters. The number of nitrogens with one attached hydrogen (secondary N) is 2. The first kappa shape index (κ1) is 21.0. The highest BCUT2D eigenvalue weighted by atomic mass is 35.5. The molecule has 9 heteroatoms. The van der Waals surface area contributed by atoms with Crippen molar-refractivity contribution >= 4 is 51.5 Å². The average molecular weight is 455 g/mol. The minimum atomic E-state index is -1.00. The van der Waals surface area contributed by atoms with Gasteiger partial charge in [-0.25, -0.2) is 4.21 Å². The van der Waals surface area contributed by atoms with E-state index in [0.717, 1.165) is 18.7 Å². The van der Waals surface area contributed by atoms with Gasteiger partial charge in [-0.1, -0.05) is 11.6 Å². The predicted molar refractivity (Wildman–Crippen MR) is 123 cm³/mol. The second-order valence-electron chi connectivity index (χ2n) is 6.87. The molecule has 2 aromatic carbocycles. The molecule has 158 valence electrons. The Labute approximate surface area is 187 Å². The Balaban J connectivity index is 1.45. The highest BCUT2D eigenvalue weighted by Gasteiger charge is 2.20. The molecule has 0 radical (unpaired) electrons. The number of halogens is 1. The fourth-order valence-corrected chi connectivity index (χ4v) is 4.61. The maximum Gasteiger partial charge on any atom is 0.257 e. The van der Waals surface area contributed by atoms with Crippen LogP contribution in [0.15, 0.2) is 67.0 Å². The molecule has 1 saturated heterocycles. The molecule has 3 aromatic rings. The quantitative estimate of drug-likeness (QED) is 0.606. The number of amides is 2. The summed E-state index contributed by atoms with van der Waals surface area (Å²) in [4.78, 5) is 28.9. The smallest absolute Gasteiger partial charge is 0.257 e. The van der Waals surface area contributed by atoms with Crippen LogP contribution in [0.2, 0.25) is 5.02 Å². The molecule has 2 amide bonds. The maximum atomic E-state index is 12.6. The summed E-state index contributed by atoms with van der Waals surface area (Å²) in [5.74, 6) is 0.00710. The Kier molecular flexibility index (Phi) is 6.29. The van der Waals surface area contributed by atoms with Gasteiger partial charge >= 0.3 is 0 Å². The lowest BCUT2D eigenvalue weighted by Crippen LogP contribution is -2.19. The van der Waals surface area contributed by atoms with Crippen molar-refractivity contribution in [2.45, 2.75) is 6.42 Å². The fraction of sp³-hybridized carbons (Fsp3) is 0.136. The summed E-state index contributed by atoms with van der Waals surface area (Å²) in [5.41, 5.74) is 2.55. The van der Waals surface area contributed by atoms with Gasteiger partial charge in [-0.05, 0) is 61.0 Å². The topological polar surface area (TPSA) is 91.4 Å². The monoisotopic (exact) mass is 454 g/mol. The van der Waals surface area contributed by atoms with Crippen LogP contribution in [0.3, 0.4) is 0 Å². The second-order valence-corrected chi connectivity index (χ2v) is 8.77. The van der Waals surface area contributed by atoms with Gasteiger partial charge in [-0.3, -0.25) is 18.9 Å². The third-order valence-corrected chi connectivity index (χ3v) is 6.59. The van der Waals surface area contributed by atoms with Gasteiger partial charge in [0.25, 0.3) is 11.8 Å². The van der Waals surface area contributed by atoms with Crippen LogP contribution >= 0.6 is 11.6 Å². The summed E-state index contributed by atoms with van der Waals surface area (Å²) < 4.78 is 13.8. The van der Waals surface area contributed by atoms with Crippen molar-refractivity contribution in [3.05, 3.63) is 83.1 Å².